The molecule has 122 valence electrons. The van der Waals surface area contributed by atoms with Crippen LogP contribution in [-0.4, -0.2) is 29.1 Å². The molecule has 0 unspecified atom stereocenters. The lowest BCUT2D eigenvalue weighted by molar-refractivity contribution is -0.384. The zero-order chi connectivity index (χ0) is 16.8. The minimum Gasteiger partial charge on any atom is -0.458 e. The zero-order valence-corrected chi connectivity index (χ0v) is 12.6. The number of hydrogen-bond acceptors (Lipinski definition) is 6. The number of nitro groups is 1. The van der Waals surface area contributed by atoms with Crippen molar-refractivity contribution >= 4 is 17.6 Å². The fourth-order valence-electron chi connectivity index (χ4n) is 2.13. The number of hydrogen-bond donors (Lipinski definition) is 0. The molecule has 1 aromatic carbocycles. The Bertz CT molecular complexity index is 614. The molecule has 1 aromatic rings. The summed E-state index contributed by atoms with van der Waals surface area (Å²) < 4.78 is 10.4. The lowest BCUT2D eigenvalue weighted by Crippen LogP contribution is -2.44. The Balaban J connectivity index is 2.02. The van der Waals surface area contributed by atoms with E-state index in [1.165, 1.54) is 24.3 Å². The van der Waals surface area contributed by atoms with E-state index in [2.05, 4.69) is 0 Å². The van der Waals surface area contributed by atoms with Gasteiger partial charge >= 0.3 is 11.9 Å². The standard InChI is InChI=1S/C16H17NO6/c1-2-3-4-5-13(14-10-15(18)22-14)23-16(19)11-6-8-12(9-7-11)17(20)21/h3-4,6-9,13-14H,2,5,10H2,1H3/b4-3+/t13-,14-/m1/s1. The SMILES string of the molecule is CC/C=C/C[C@@H](OC(=O)c1ccc([N+](=O)[O-])cc1)[C@H]1CC(=O)O1. The van der Waals surface area contributed by atoms with E-state index in [-0.39, 0.29) is 23.6 Å². The number of rotatable bonds is 7. The van der Waals surface area contributed by atoms with Crippen molar-refractivity contribution < 1.29 is 24.0 Å². The summed E-state index contributed by atoms with van der Waals surface area (Å²) in [6.45, 7) is 1.98. The summed E-state index contributed by atoms with van der Waals surface area (Å²) in [5.41, 5.74) is 0.114. The monoisotopic (exact) mass is 319 g/mol. The van der Waals surface area contributed by atoms with Gasteiger partial charge in [0, 0.05) is 18.6 Å². The summed E-state index contributed by atoms with van der Waals surface area (Å²) in [6.07, 6.45) is 4.34. The Morgan fingerprint density at radius 3 is 2.61 bits per heavy atom. The van der Waals surface area contributed by atoms with Crippen LogP contribution in [0, 0.1) is 10.1 Å². The molecule has 1 heterocycles. The molecular weight excluding hydrogens is 302 g/mol. The van der Waals surface area contributed by atoms with Crippen LogP contribution >= 0.6 is 0 Å². The third kappa shape index (κ3) is 4.38. The number of ether oxygens (including phenoxy) is 2. The Morgan fingerprint density at radius 2 is 2.09 bits per heavy atom. The predicted octanol–water partition coefficient (Wildman–Crippen LogP) is 2.79. The summed E-state index contributed by atoms with van der Waals surface area (Å²) in [7, 11) is 0. The van der Waals surface area contributed by atoms with Crippen LogP contribution in [0.5, 0.6) is 0 Å². The number of cyclic esters (lactones) is 1. The summed E-state index contributed by atoms with van der Waals surface area (Å²) in [5.74, 6) is -0.913. The van der Waals surface area contributed by atoms with Crippen molar-refractivity contribution in [2.24, 2.45) is 0 Å². The van der Waals surface area contributed by atoms with Crippen LogP contribution in [0.4, 0.5) is 5.69 Å². The van der Waals surface area contributed by atoms with Gasteiger partial charge in [-0.1, -0.05) is 19.1 Å². The van der Waals surface area contributed by atoms with E-state index in [1.807, 2.05) is 19.1 Å². The first-order chi connectivity index (χ1) is 11.0. The van der Waals surface area contributed by atoms with Gasteiger partial charge in [-0.3, -0.25) is 14.9 Å². The summed E-state index contributed by atoms with van der Waals surface area (Å²) in [6, 6.07) is 5.16. The first kappa shape index (κ1) is 16.7. The van der Waals surface area contributed by atoms with E-state index in [0.29, 0.717) is 6.42 Å². The minimum absolute atomic E-state index is 0.100. The van der Waals surface area contributed by atoms with E-state index >= 15 is 0 Å². The molecule has 7 heteroatoms. The third-order valence-corrected chi connectivity index (χ3v) is 3.41. The van der Waals surface area contributed by atoms with Crippen molar-refractivity contribution in [2.45, 2.75) is 38.4 Å². The maximum Gasteiger partial charge on any atom is 0.338 e. The summed E-state index contributed by atoms with van der Waals surface area (Å²) >= 11 is 0. The summed E-state index contributed by atoms with van der Waals surface area (Å²) in [5, 5.41) is 10.6. The van der Waals surface area contributed by atoms with Gasteiger partial charge in [0.25, 0.3) is 5.69 Å². The van der Waals surface area contributed by atoms with Gasteiger partial charge in [-0.2, -0.15) is 0 Å². The normalized spacial score (nSPS) is 18.1. The topological polar surface area (TPSA) is 95.7 Å². The highest BCUT2D eigenvalue weighted by atomic mass is 16.6. The third-order valence-electron chi connectivity index (χ3n) is 3.41. The van der Waals surface area contributed by atoms with E-state index < -0.39 is 23.1 Å². The smallest absolute Gasteiger partial charge is 0.338 e. The molecule has 23 heavy (non-hydrogen) atoms. The van der Waals surface area contributed by atoms with E-state index in [4.69, 9.17) is 9.47 Å². The number of non-ortho nitro benzene ring substituents is 1. The van der Waals surface area contributed by atoms with Crippen molar-refractivity contribution in [1.82, 2.24) is 0 Å². The lowest BCUT2D eigenvalue weighted by atomic mass is 10.0. The fraction of sp³-hybridized carbons (Fsp3) is 0.375. The Labute approximate surface area is 133 Å². The van der Waals surface area contributed by atoms with Crippen LogP contribution in [0.25, 0.3) is 0 Å². The van der Waals surface area contributed by atoms with Crippen molar-refractivity contribution in [2.75, 3.05) is 0 Å². The number of carbonyl (C=O) groups excluding carboxylic acids is 2. The highest BCUT2D eigenvalue weighted by Gasteiger charge is 2.37. The molecular formula is C16H17NO6. The number of carbonyl (C=O) groups is 2. The molecule has 0 aliphatic carbocycles. The fourth-order valence-corrected chi connectivity index (χ4v) is 2.13. The van der Waals surface area contributed by atoms with Crippen molar-refractivity contribution in [1.29, 1.82) is 0 Å². The largest absolute Gasteiger partial charge is 0.458 e. The number of allylic oxidation sites excluding steroid dienone is 1. The minimum atomic E-state index is -0.599. The van der Waals surface area contributed by atoms with Gasteiger partial charge in [-0.25, -0.2) is 4.79 Å². The van der Waals surface area contributed by atoms with Gasteiger partial charge in [-0.05, 0) is 18.6 Å². The number of nitrogens with zero attached hydrogens (tertiary/aromatic N) is 1. The predicted molar refractivity (Wildman–Crippen MR) is 80.8 cm³/mol. The van der Waals surface area contributed by atoms with Gasteiger partial charge in [0.1, 0.15) is 12.2 Å². The van der Waals surface area contributed by atoms with Crippen molar-refractivity contribution in [3.05, 3.63) is 52.1 Å². The first-order valence-electron chi connectivity index (χ1n) is 7.31. The maximum atomic E-state index is 12.1. The number of benzene rings is 1. The van der Waals surface area contributed by atoms with Crippen LogP contribution in [0.3, 0.4) is 0 Å². The van der Waals surface area contributed by atoms with Gasteiger partial charge in [0.15, 0.2) is 0 Å². The van der Waals surface area contributed by atoms with Gasteiger partial charge < -0.3 is 9.47 Å². The van der Waals surface area contributed by atoms with Crippen LogP contribution < -0.4 is 0 Å². The molecule has 0 spiro atoms. The quantitative estimate of drug-likeness (QED) is 0.332. The van der Waals surface area contributed by atoms with Crippen molar-refractivity contribution in [3.63, 3.8) is 0 Å². The van der Waals surface area contributed by atoms with Crippen LogP contribution in [0.2, 0.25) is 0 Å². The number of nitro benzene ring substituents is 1. The van der Waals surface area contributed by atoms with Crippen molar-refractivity contribution in [3.8, 4) is 0 Å². The molecule has 1 fully saturated rings. The molecule has 7 nitrogen and oxygen atoms in total. The van der Waals surface area contributed by atoms with Crippen LogP contribution in [0.15, 0.2) is 36.4 Å². The molecule has 0 N–H and O–H groups in total. The lowest BCUT2D eigenvalue weighted by Gasteiger charge is -2.32. The van der Waals surface area contributed by atoms with E-state index in [9.17, 15) is 19.7 Å². The van der Waals surface area contributed by atoms with E-state index in [1.54, 1.807) is 0 Å². The highest BCUT2D eigenvalue weighted by Crippen LogP contribution is 2.23. The highest BCUT2D eigenvalue weighted by molar-refractivity contribution is 5.90. The second-order valence-corrected chi connectivity index (χ2v) is 5.10. The number of esters is 2. The average Bonchev–Trinajstić information content (AvgIpc) is 2.51. The second-order valence-electron chi connectivity index (χ2n) is 5.10. The maximum absolute atomic E-state index is 12.1. The molecule has 1 aliphatic rings. The molecule has 0 amide bonds. The molecule has 1 saturated heterocycles. The Kier molecular flexibility index (Phi) is 5.46. The van der Waals surface area contributed by atoms with Crippen LogP contribution in [-0.2, 0) is 14.3 Å². The summed E-state index contributed by atoms with van der Waals surface area (Å²) in [4.78, 5) is 33.2. The zero-order valence-electron chi connectivity index (χ0n) is 12.6. The molecule has 0 bridgehead atoms. The molecule has 0 saturated carbocycles. The molecule has 2 atom stereocenters. The molecule has 0 radical (unpaired) electrons. The second kappa shape index (κ2) is 7.53. The van der Waals surface area contributed by atoms with Gasteiger partial charge in [0.2, 0.25) is 0 Å². The van der Waals surface area contributed by atoms with Gasteiger partial charge in [0.05, 0.1) is 16.9 Å². The Morgan fingerprint density at radius 1 is 1.43 bits per heavy atom. The molecule has 0 aromatic heterocycles. The van der Waals surface area contributed by atoms with E-state index in [0.717, 1.165) is 6.42 Å². The van der Waals surface area contributed by atoms with Gasteiger partial charge in [-0.15, -0.1) is 0 Å². The average molecular weight is 319 g/mol. The first-order valence-corrected chi connectivity index (χ1v) is 7.31. The Hall–Kier alpha value is -2.70. The molecule has 2 rings (SSSR count). The molecule has 1 aliphatic heterocycles. The van der Waals surface area contributed by atoms with Crippen LogP contribution in [0.1, 0.15) is 36.5 Å².